The van der Waals surface area contributed by atoms with Gasteiger partial charge in [0.2, 0.25) is 0 Å². The fourth-order valence-corrected chi connectivity index (χ4v) is 2.42. The molecule has 21 heavy (non-hydrogen) atoms. The van der Waals surface area contributed by atoms with Gasteiger partial charge in [-0.25, -0.2) is 9.78 Å². The summed E-state index contributed by atoms with van der Waals surface area (Å²) in [7, 11) is 1.69. The number of pyridine rings is 1. The number of ether oxygens (including phenoxy) is 2. The number of carboxylic acids is 1. The lowest BCUT2D eigenvalue weighted by atomic mass is 10.1. The highest BCUT2D eigenvalue weighted by Gasteiger charge is 2.21. The number of anilines is 1. The van der Waals surface area contributed by atoms with Crippen LogP contribution in [0.15, 0.2) is 18.2 Å². The molecule has 0 saturated carbocycles. The number of piperidine rings is 1. The lowest BCUT2D eigenvalue weighted by Gasteiger charge is -2.32. The molecule has 0 unspecified atom stereocenters. The van der Waals surface area contributed by atoms with Gasteiger partial charge in [0.1, 0.15) is 5.82 Å². The van der Waals surface area contributed by atoms with E-state index in [0.717, 1.165) is 51.4 Å². The molecule has 0 spiro atoms. The van der Waals surface area contributed by atoms with E-state index in [9.17, 15) is 4.79 Å². The highest BCUT2D eigenvalue weighted by molar-refractivity contribution is 5.85. The fourth-order valence-electron chi connectivity index (χ4n) is 2.42. The molecule has 1 aliphatic rings. The quantitative estimate of drug-likeness (QED) is 0.773. The average Bonchev–Trinajstić information content (AvgIpc) is 2.52. The average molecular weight is 294 g/mol. The van der Waals surface area contributed by atoms with E-state index in [1.807, 2.05) is 6.07 Å². The van der Waals surface area contributed by atoms with Crippen LogP contribution in [0.1, 0.15) is 29.8 Å². The summed E-state index contributed by atoms with van der Waals surface area (Å²) in [5, 5.41) is 8.98. The van der Waals surface area contributed by atoms with Crippen LogP contribution in [0.3, 0.4) is 0 Å². The van der Waals surface area contributed by atoms with Crippen LogP contribution in [-0.4, -0.2) is 55.6 Å². The minimum atomic E-state index is -0.992. The van der Waals surface area contributed by atoms with Crippen LogP contribution in [0.2, 0.25) is 0 Å². The Kier molecular flexibility index (Phi) is 5.95. The van der Waals surface area contributed by atoms with Crippen molar-refractivity contribution in [1.29, 1.82) is 0 Å². The zero-order valence-corrected chi connectivity index (χ0v) is 12.3. The number of hydrogen-bond donors (Lipinski definition) is 1. The summed E-state index contributed by atoms with van der Waals surface area (Å²) in [6.45, 7) is 3.13. The summed E-state index contributed by atoms with van der Waals surface area (Å²) in [4.78, 5) is 17.2. The molecule has 1 aromatic heterocycles. The first-order chi connectivity index (χ1) is 10.2. The molecule has 116 valence electrons. The highest BCUT2D eigenvalue weighted by atomic mass is 16.5. The standard InChI is InChI=1S/C15H22N2O4/c1-20-10-3-11-21-12-6-8-17(9-7-12)14-5-2-4-13(16-14)15(18)19/h2,4-5,12H,3,6-11H2,1H3,(H,18,19). The van der Waals surface area contributed by atoms with E-state index in [-0.39, 0.29) is 11.8 Å². The Morgan fingerprint density at radius 2 is 2.14 bits per heavy atom. The van der Waals surface area contributed by atoms with Crippen LogP contribution in [-0.2, 0) is 9.47 Å². The van der Waals surface area contributed by atoms with Gasteiger partial charge in [-0.3, -0.25) is 0 Å². The summed E-state index contributed by atoms with van der Waals surface area (Å²) in [6, 6.07) is 5.10. The largest absolute Gasteiger partial charge is 0.477 e. The van der Waals surface area contributed by atoms with E-state index in [4.69, 9.17) is 14.6 Å². The van der Waals surface area contributed by atoms with E-state index >= 15 is 0 Å². The van der Waals surface area contributed by atoms with E-state index in [2.05, 4.69) is 9.88 Å². The van der Waals surface area contributed by atoms with Crippen LogP contribution in [0.25, 0.3) is 0 Å². The molecule has 1 aromatic rings. The third-order valence-corrected chi connectivity index (χ3v) is 3.57. The second kappa shape index (κ2) is 7.95. The molecule has 1 N–H and O–H groups in total. The third-order valence-electron chi connectivity index (χ3n) is 3.57. The van der Waals surface area contributed by atoms with E-state index in [1.165, 1.54) is 6.07 Å². The Morgan fingerprint density at radius 3 is 2.81 bits per heavy atom. The van der Waals surface area contributed by atoms with Gasteiger partial charge in [-0.1, -0.05) is 6.07 Å². The molecule has 0 radical (unpaired) electrons. The fraction of sp³-hybridized carbons (Fsp3) is 0.600. The Morgan fingerprint density at radius 1 is 1.38 bits per heavy atom. The molecule has 2 heterocycles. The van der Waals surface area contributed by atoms with Crippen molar-refractivity contribution in [1.82, 2.24) is 4.98 Å². The predicted octanol–water partition coefficient (Wildman–Crippen LogP) is 1.80. The predicted molar refractivity (Wildman–Crippen MR) is 78.9 cm³/mol. The molecule has 0 atom stereocenters. The first kappa shape index (κ1) is 15.7. The first-order valence-electron chi connectivity index (χ1n) is 7.26. The molecule has 6 heteroatoms. The molecule has 6 nitrogen and oxygen atoms in total. The van der Waals surface area contributed by atoms with Crippen molar-refractivity contribution in [2.24, 2.45) is 0 Å². The molecule has 2 rings (SSSR count). The van der Waals surface area contributed by atoms with Gasteiger partial charge in [0.05, 0.1) is 6.10 Å². The first-order valence-corrected chi connectivity index (χ1v) is 7.26. The lowest BCUT2D eigenvalue weighted by molar-refractivity contribution is 0.0257. The van der Waals surface area contributed by atoms with E-state index < -0.39 is 5.97 Å². The summed E-state index contributed by atoms with van der Waals surface area (Å²) < 4.78 is 10.8. The summed E-state index contributed by atoms with van der Waals surface area (Å²) >= 11 is 0. The van der Waals surface area contributed by atoms with Crippen LogP contribution < -0.4 is 4.90 Å². The zero-order chi connectivity index (χ0) is 15.1. The van der Waals surface area contributed by atoms with Gasteiger partial charge in [-0.05, 0) is 31.4 Å². The van der Waals surface area contributed by atoms with Crippen LogP contribution in [0.5, 0.6) is 0 Å². The Bertz CT molecular complexity index is 459. The molecule has 0 amide bonds. The SMILES string of the molecule is COCCCOC1CCN(c2cccc(C(=O)O)n2)CC1. The Labute approximate surface area is 124 Å². The summed E-state index contributed by atoms with van der Waals surface area (Å²) in [6.07, 6.45) is 3.07. The van der Waals surface area contributed by atoms with Crippen LogP contribution in [0.4, 0.5) is 5.82 Å². The van der Waals surface area contributed by atoms with Gasteiger partial charge in [0.25, 0.3) is 0 Å². The van der Waals surface area contributed by atoms with Gasteiger partial charge in [-0.15, -0.1) is 0 Å². The highest BCUT2D eigenvalue weighted by Crippen LogP contribution is 2.20. The molecule has 0 aromatic carbocycles. The van der Waals surface area contributed by atoms with Crippen molar-refractivity contribution in [3.05, 3.63) is 23.9 Å². The van der Waals surface area contributed by atoms with Gasteiger partial charge >= 0.3 is 5.97 Å². The molecule has 0 aliphatic carbocycles. The molecule has 1 aliphatic heterocycles. The number of hydrogen-bond acceptors (Lipinski definition) is 5. The zero-order valence-electron chi connectivity index (χ0n) is 12.3. The number of rotatable bonds is 7. The van der Waals surface area contributed by atoms with Gasteiger partial charge in [0.15, 0.2) is 5.69 Å². The maximum atomic E-state index is 10.9. The van der Waals surface area contributed by atoms with Crippen LogP contribution >= 0.6 is 0 Å². The van der Waals surface area contributed by atoms with Crippen molar-refractivity contribution in [2.75, 3.05) is 38.3 Å². The van der Waals surface area contributed by atoms with Gasteiger partial charge < -0.3 is 19.5 Å². The second-order valence-electron chi connectivity index (χ2n) is 5.09. The number of nitrogens with zero attached hydrogens (tertiary/aromatic N) is 2. The second-order valence-corrected chi connectivity index (χ2v) is 5.09. The minimum absolute atomic E-state index is 0.0884. The third kappa shape index (κ3) is 4.68. The molecule has 1 fully saturated rings. The normalized spacial score (nSPS) is 16.1. The van der Waals surface area contributed by atoms with E-state index in [0.29, 0.717) is 0 Å². The van der Waals surface area contributed by atoms with E-state index in [1.54, 1.807) is 13.2 Å². The number of carboxylic acid groups (broad SMARTS) is 1. The molecular formula is C15H22N2O4. The molecule has 1 saturated heterocycles. The summed E-state index contributed by atoms with van der Waals surface area (Å²) in [5.41, 5.74) is 0.0884. The van der Waals surface area contributed by atoms with Crippen molar-refractivity contribution in [3.63, 3.8) is 0 Å². The number of methoxy groups -OCH3 is 1. The van der Waals surface area contributed by atoms with Gasteiger partial charge in [0, 0.05) is 33.4 Å². The van der Waals surface area contributed by atoms with Crippen molar-refractivity contribution >= 4 is 11.8 Å². The Hall–Kier alpha value is -1.66. The smallest absolute Gasteiger partial charge is 0.354 e. The maximum absolute atomic E-state index is 10.9. The van der Waals surface area contributed by atoms with Gasteiger partial charge in [-0.2, -0.15) is 0 Å². The van der Waals surface area contributed by atoms with Crippen molar-refractivity contribution in [3.8, 4) is 0 Å². The minimum Gasteiger partial charge on any atom is -0.477 e. The molecule has 0 bridgehead atoms. The topological polar surface area (TPSA) is 71.9 Å². The van der Waals surface area contributed by atoms with Crippen molar-refractivity contribution in [2.45, 2.75) is 25.4 Å². The summed E-state index contributed by atoms with van der Waals surface area (Å²) in [5.74, 6) is -0.263. The number of carbonyl (C=O) groups is 1. The van der Waals surface area contributed by atoms with Crippen molar-refractivity contribution < 1.29 is 19.4 Å². The lowest BCUT2D eigenvalue weighted by Crippen LogP contribution is -2.37. The monoisotopic (exact) mass is 294 g/mol. The maximum Gasteiger partial charge on any atom is 0.354 e. The number of aromatic carboxylic acids is 1. The van der Waals surface area contributed by atoms with Crippen LogP contribution in [0, 0.1) is 0 Å². The molecular weight excluding hydrogens is 272 g/mol. The Balaban J connectivity index is 1.81. The number of aromatic nitrogens is 1.